The van der Waals surface area contributed by atoms with Gasteiger partial charge in [-0.3, -0.25) is 0 Å². The van der Waals surface area contributed by atoms with E-state index in [9.17, 15) is 9.28 Å². The van der Waals surface area contributed by atoms with Gasteiger partial charge in [-0.2, -0.15) is 4.79 Å². The number of nitrogens with zero attached hydrogens (tertiary/aromatic N) is 2. The molecule has 1 unspecified atom stereocenters. The predicted molar refractivity (Wildman–Crippen MR) is 49.6 cm³/mol. The lowest BCUT2D eigenvalue weighted by molar-refractivity contribution is -0.918. The molecule has 1 aliphatic heterocycles. The molecule has 0 bridgehead atoms. The number of halogens is 2. The van der Waals surface area contributed by atoms with Crippen molar-refractivity contribution in [3.05, 3.63) is 14.3 Å². The summed E-state index contributed by atoms with van der Waals surface area (Å²) in [7, 11) is 0. The van der Waals surface area contributed by atoms with Gasteiger partial charge >= 0.3 is 6.09 Å². The number of amides is 1. The highest BCUT2D eigenvalue weighted by Crippen LogP contribution is 2.14. The smallest absolute Gasteiger partial charge is 0.433 e. The Morgan fingerprint density at radius 3 is 3.14 bits per heavy atom. The van der Waals surface area contributed by atoms with Gasteiger partial charge in [-0.25, -0.2) is 4.98 Å². The van der Waals surface area contributed by atoms with E-state index in [1.807, 2.05) is 0 Å². The van der Waals surface area contributed by atoms with E-state index >= 15 is 0 Å². The number of hydrogen-bond donors (Lipinski definition) is 1. The van der Waals surface area contributed by atoms with Crippen molar-refractivity contribution >= 4 is 41.3 Å². The molecular formula is C7H5ClFN2O2S+. The molecule has 7 heteroatoms. The number of aromatic nitrogens is 1. The zero-order valence-corrected chi connectivity index (χ0v) is 8.35. The average Bonchev–Trinajstić information content (AvgIpc) is 2.43. The summed E-state index contributed by atoms with van der Waals surface area (Å²) in [5.74, 6) is 0. The predicted octanol–water partition coefficient (Wildman–Crippen LogP) is 0.708. The lowest BCUT2D eigenvalue weighted by atomic mass is 10.4. The third kappa shape index (κ3) is 1.41. The van der Waals surface area contributed by atoms with Crippen molar-refractivity contribution in [1.29, 1.82) is 0 Å². The Bertz CT molecular complexity index is 514. The zero-order chi connectivity index (χ0) is 10.3. The summed E-state index contributed by atoms with van der Waals surface area (Å²) < 4.78 is 12.7. The maximum atomic E-state index is 13.6. The van der Waals surface area contributed by atoms with E-state index in [0.29, 0.717) is 9.88 Å². The molecule has 1 atom stereocenters. The highest BCUT2D eigenvalue weighted by molar-refractivity contribution is 7.13. The van der Waals surface area contributed by atoms with E-state index in [-0.39, 0.29) is 11.0 Å². The van der Waals surface area contributed by atoms with E-state index in [1.54, 1.807) is 0 Å². The van der Waals surface area contributed by atoms with Crippen LogP contribution >= 0.6 is 22.9 Å². The first-order chi connectivity index (χ1) is 6.51. The molecule has 1 N–H and O–H groups in total. The minimum absolute atomic E-state index is 0.262. The fraction of sp³-hybridized carbons (Fsp3) is 0.143. The molecule has 1 aliphatic rings. The largest absolute Gasteiger partial charge is 0.558 e. The summed E-state index contributed by atoms with van der Waals surface area (Å²) >= 11 is 6.67. The number of hydrogen-bond acceptors (Lipinski definition) is 3. The first kappa shape index (κ1) is 9.57. The molecule has 14 heavy (non-hydrogen) atoms. The van der Waals surface area contributed by atoms with Gasteiger partial charge in [0.1, 0.15) is 4.53 Å². The second-order valence-corrected chi connectivity index (χ2v) is 4.40. The minimum atomic E-state index is -1.65. The van der Waals surface area contributed by atoms with E-state index < -0.39 is 10.8 Å². The molecular weight excluding hydrogens is 231 g/mol. The Labute approximate surface area is 86.7 Å². The Kier molecular flexibility index (Phi) is 2.06. The van der Waals surface area contributed by atoms with Gasteiger partial charge in [-0.1, -0.05) is 22.9 Å². The normalized spacial score (nSPS) is 24.7. The average molecular weight is 236 g/mol. The Morgan fingerprint density at radius 1 is 1.79 bits per heavy atom. The Hall–Kier alpha value is -0.980. The highest BCUT2D eigenvalue weighted by Gasteiger charge is 2.38. The van der Waals surface area contributed by atoms with E-state index in [4.69, 9.17) is 16.7 Å². The molecule has 0 saturated carbocycles. The molecule has 0 radical (unpaired) electrons. The van der Waals surface area contributed by atoms with Crippen molar-refractivity contribution in [3.63, 3.8) is 0 Å². The lowest BCUT2D eigenvalue weighted by Crippen LogP contribution is -2.46. The quantitative estimate of drug-likeness (QED) is 0.674. The summed E-state index contributed by atoms with van der Waals surface area (Å²) in [6, 6.07) is 0. The van der Waals surface area contributed by atoms with Gasteiger partial charge in [-0.15, -0.1) is 0 Å². The summed E-state index contributed by atoms with van der Waals surface area (Å²) in [6.07, 6.45) is 0.879. The molecule has 4 nitrogen and oxygen atoms in total. The van der Waals surface area contributed by atoms with E-state index in [0.717, 1.165) is 17.5 Å². The van der Waals surface area contributed by atoms with Gasteiger partial charge in [0.15, 0.2) is 17.2 Å². The van der Waals surface area contributed by atoms with E-state index in [1.165, 1.54) is 6.08 Å². The number of fused-ring (bicyclic) bond motifs is 1. The van der Waals surface area contributed by atoms with Gasteiger partial charge in [0.2, 0.25) is 0 Å². The van der Waals surface area contributed by atoms with Crippen molar-refractivity contribution in [3.8, 4) is 0 Å². The first-order valence-corrected chi connectivity index (χ1v) is 4.87. The van der Waals surface area contributed by atoms with Gasteiger partial charge < -0.3 is 5.11 Å². The molecule has 0 fully saturated rings. The molecule has 74 valence electrons. The van der Waals surface area contributed by atoms with Crippen LogP contribution in [0.1, 0.15) is 0 Å². The number of carboxylic acid groups (broad SMARTS) is 1. The molecule has 0 saturated heterocycles. The second-order valence-electron chi connectivity index (χ2n) is 2.79. The van der Waals surface area contributed by atoms with Crippen molar-refractivity contribution in [1.82, 2.24) is 4.98 Å². The molecule has 0 aliphatic carbocycles. The summed E-state index contributed by atoms with van der Waals surface area (Å²) in [5.41, 5.74) is 0. The fourth-order valence-electron chi connectivity index (χ4n) is 1.15. The van der Waals surface area contributed by atoms with Crippen molar-refractivity contribution in [2.45, 2.75) is 0 Å². The minimum Gasteiger partial charge on any atom is -0.433 e. The van der Waals surface area contributed by atoms with Crippen LogP contribution in [0.5, 0.6) is 0 Å². The third-order valence-electron chi connectivity index (χ3n) is 1.85. The summed E-state index contributed by atoms with van der Waals surface area (Å²) in [6.45, 7) is -0.262. The van der Waals surface area contributed by atoms with E-state index in [2.05, 4.69) is 4.98 Å². The van der Waals surface area contributed by atoms with Crippen molar-refractivity contribution in [2.24, 2.45) is 0 Å². The SMILES string of the molecule is O=C(O)[N+]1(F)C=c2sc(Cl)nc2=CC1. The van der Waals surface area contributed by atoms with Crippen LogP contribution in [0.2, 0.25) is 4.47 Å². The van der Waals surface area contributed by atoms with Crippen LogP contribution in [0, 0.1) is 0 Å². The van der Waals surface area contributed by atoms with Crippen molar-refractivity contribution < 1.29 is 19.1 Å². The molecule has 1 aromatic rings. The monoisotopic (exact) mass is 235 g/mol. The number of quaternary nitrogens is 1. The van der Waals surface area contributed by atoms with Crippen LogP contribution in [-0.4, -0.2) is 27.4 Å². The van der Waals surface area contributed by atoms with Gasteiger partial charge in [0.05, 0.1) is 5.35 Å². The fourth-order valence-corrected chi connectivity index (χ4v) is 2.26. The van der Waals surface area contributed by atoms with Crippen LogP contribution in [0.4, 0.5) is 9.28 Å². The van der Waals surface area contributed by atoms with Gasteiger partial charge in [-0.05, 0) is 0 Å². The Morgan fingerprint density at radius 2 is 2.50 bits per heavy atom. The maximum Gasteiger partial charge on any atom is 0.558 e. The molecule has 2 heterocycles. The zero-order valence-electron chi connectivity index (χ0n) is 6.78. The topological polar surface area (TPSA) is 50.2 Å². The first-order valence-electron chi connectivity index (χ1n) is 3.67. The van der Waals surface area contributed by atoms with Crippen LogP contribution < -0.4 is 9.88 Å². The maximum absolute atomic E-state index is 13.6. The molecule has 1 aromatic heterocycles. The highest BCUT2D eigenvalue weighted by atomic mass is 35.5. The van der Waals surface area contributed by atoms with Crippen LogP contribution in [0.15, 0.2) is 0 Å². The van der Waals surface area contributed by atoms with Gasteiger partial charge in [0.25, 0.3) is 0 Å². The molecule has 2 rings (SSSR count). The van der Waals surface area contributed by atoms with Crippen molar-refractivity contribution in [2.75, 3.05) is 6.54 Å². The lowest BCUT2D eigenvalue weighted by Gasteiger charge is -2.13. The molecule has 1 amide bonds. The number of rotatable bonds is 0. The summed E-state index contributed by atoms with van der Waals surface area (Å²) in [5, 5.41) is 9.18. The summed E-state index contributed by atoms with van der Waals surface area (Å²) in [4.78, 5) is 14.5. The van der Waals surface area contributed by atoms with Gasteiger partial charge in [0, 0.05) is 15.3 Å². The number of thiazole rings is 1. The number of carbonyl (C=O) groups is 1. The molecule has 0 spiro atoms. The second kappa shape index (κ2) is 3.01. The van der Waals surface area contributed by atoms with Crippen LogP contribution in [0.25, 0.3) is 12.3 Å². The third-order valence-corrected chi connectivity index (χ3v) is 2.96. The molecule has 0 aromatic carbocycles. The van der Waals surface area contributed by atoms with Crippen LogP contribution in [-0.2, 0) is 0 Å². The van der Waals surface area contributed by atoms with Crippen LogP contribution in [0.3, 0.4) is 0 Å². The standard InChI is InChI=1S/C7H4ClFN2O2S/c8-6-10-4-1-2-11(9,7(12)13)3-5(4)14-6/h1,3H,2H2/p+1. The Balaban J connectivity index is 2.63.